The van der Waals surface area contributed by atoms with Crippen LogP contribution in [0.2, 0.25) is 0 Å². The van der Waals surface area contributed by atoms with Crippen LogP contribution in [0.25, 0.3) is 0 Å². The lowest BCUT2D eigenvalue weighted by Crippen LogP contribution is -2.43. The maximum atomic E-state index is 12.4. The second kappa shape index (κ2) is 5.90. The van der Waals surface area contributed by atoms with E-state index < -0.39 is 0 Å². The van der Waals surface area contributed by atoms with Gasteiger partial charge in [-0.25, -0.2) is 0 Å². The van der Waals surface area contributed by atoms with Gasteiger partial charge in [0.05, 0.1) is 0 Å². The van der Waals surface area contributed by atoms with Crippen molar-refractivity contribution >= 4 is 17.5 Å². The standard InChI is InChI=1S/C13H22ClNO/c14-10-12-8-2-1-5-9-15(12)13(16)11-6-3-4-7-11/h11-12H,1-10H2. The summed E-state index contributed by atoms with van der Waals surface area (Å²) in [5.41, 5.74) is 0. The summed E-state index contributed by atoms with van der Waals surface area (Å²) in [6.45, 7) is 0.937. The molecular formula is C13H22ClNO. The van der Waals surface area contributed by atoms with Gasteiger partial charge in [0.25, 0.3) is 0 Å². The van der Waals surface area contributed by atoms with Gasteiger partial charge in [0.2, 0.25) is 5.91 Å². The Bertz CT molecular complexity index is 238. The number of nitrogens with zero attached hydrogens (tertiary/aromatic N) is 1. The number of hydrogen-bond donors (Lipinski definition) is 0. The van der Waals surface area contributed by atoms with Gasteiger partial charge < -0.3 is 4.90 Å². The van der Waals surface area contributed by atoms with Crippen molar-refractivity contribution < 1.29 is 4.79 Å². The van der Waals surface area contributed by atoms with Crippen LogP contribution in [0.3, 0.4) is 0 Å². The molecule has 3 heteroatoms. The Kier molecular flexibility index (Phi) is 4.51. The quantitative estimate of drug-likeness (QED) is 0.683. The number of halogens is 1. The first-order valence-corrected chi connectivity index (χ1v) is 7.23. The lowest BCUT2D eigenvalue weighted by molar-refractivity contribution is -0.137. The van der Waals surface area contributed by atoms with Gasteiger partial charge in [0.1, 0.15) is 0 Å². The molecule has 1 aliphatic carbocycles. The molecule has 0 aromatic rings. The van der Waals surface area contributed by atoms with Gasteiger partial charge in [0, 0.05) is 24.4 Å². The molecule has 1 atom stereocenters. The van der Waals surface area contributed by atoms with Crippen LogP contribution in [0.1, 0.15) is 51.4 Å². The molecule has 1 saturated heterocycles. The van der Waals surface area contributed by atoms with Crippen LogP contribution in [0.4, 0.5) is 0 Å². The fourth-order valence-corrected chi connectivity index (χ4v) is 3.36. The van der Waals surface area contributed by atoms with E-state index in [1.54, 1.807) is 0 Å². The average Bonchev–Trinajstić information content (AvgIpc) is 2.73. The summed E-state index contributed by atoms with van der Waals surface area (Å²) in [5.74, 6) is 1.31. The van der Waals surface area contributed by atoms with Crippen LogP contribution in [-0.4, -0.2) is 29.3 Å². The minimum absolute atomic E-state index is 0.303. The monoisotopic (exact) mass is 243 g/mol. The van der Waals surface area contributed by atoms with Gasteiger partial charge >= 0.3 is 0 Å². The van der Waals surface area contributed by atoms with Crippen molar-refractivity contribution in [3.63, 3.8) is 0 Å². The highest BCUT2D eigenvalue weighted by Gasteiger charge is 2.31. The third-order valence-corrected chi connectivity index (χ3v) is 4.40. The summed E-state index contributed by atoms with van der Waals surface area (Å²) in [6, 6.07) is 0.303. The zero-order valence-corrected chi connectivity index (χ0v) is 10.7. The van der Waals surface area contributed by atoms with Crippen molar-refractivity contribution in [1.29, 1.82) is 0 Å². The number of rotatable bonds is 2. The zero-order chi connectivity index (χ0) is 11.4. The third-order valence-electron chi connectivity index (χ3n) is 4.04. The highest BCUT2D eigenvalue weighted by Crippen LogP contribution is 2.29. The van der Waals surface area contributed by atoms with E-state index in [4.69, 9.17) is 11.6 Å². The van der Waals surface area contributed by atoms with Crippen LogP contribution in [0, 0.1) is 5.92 Å². The van der Waals surface area contributed by atoms with E-state index in [-0.39, 0.29) is 0 Å². The number of hydrogen-bond acceptors (Lipinski definition) is 1. The summed E-state index contributed by atoms with van der Waals surface area (Å²) in [4.78, 5) is 14.5. The largest absolute Gasteiger partial charge is 0.338 e. The Labute approximate surface area is 103 Å². The topological polar surface area (TPSA) is 20.3 Å². The molecule has 0 aromatic carbocycles. The number of likely N-dealkylation sites (tertiary alicyclic amines) is 1. The van der Waals surface area contributed by atoms with Gasteiger partial charge in [0.15, 0.2) is 0 Å². The maximum Gasteiger partial charge on any atom is 0.225 e. The molecule has 2 rings (SSSR count). The first-order chi connectivity index (χ1) is 7.83. The van der Waals surface area contributed by atoms with Crippen molar-refractivity contribution in [2.75, 3.05) is 12.4 Å². The van der Waals surface area contributed by atoms with Crippen LogP contribution in [0.15, 0.2) is 0 Å². The molecule has 2 fully saturated rings. The highest BCUT2D eigenvalue weighted by molar-refractivity contribution is 6.18. The Morgan fingerprint density at radius 1 is 1.06 bits per heavy atom. The number of alkyl halides is 1. The summed E-state index contributed by atoms with van der Waals surface area (Å²) < 4.78 is 0. The summed E-state index contributed by atoms with van der Waals surface area (Å²) >= 11 is 6.00. The molecule has 92 valence electrons. The van der Waals surface area contributed by atoms with Crippen LogP contribution in [-0.2, 0) is 4.79 Å². The van der Waals surface area contributed by atoms with Gasteiger partial charge in [-0.2, -0.15) is 0 Å². The van der Waals surface area contributed by atoms with E-state index in [0.29, 0.717) is 23.7 Å². The van der Waals surface area contributed by atoms with Gasteiger partial charge in [-0.3, -0.25) is 4.79 Å². The second-order valence-corrected chi connectivity index (χ2v) is 5.48. The van der Waals surface area contributed by atoms with Crippen LogP contribution >= 0.6 is 11.6 Å². The molecule has 0 N–H and O–H groups in total. The average molecular weight is 244 g/mol. The predicted octanol–water partition coefficient (Wildman–Crippen LogP) is 3.19. The van der Waals surface area contributed by atoms with Gasteiger partial charge in [-0.1, -0.05) is 25.7 Å². The number of carbonyl (C=O) groups is 1. The number of amides is 1. The molecule has 1 unspecified atom stereocenters. The molecule has 16 heavy (non-hydrogen) atoms. The summed E-state index contributed by atoms with van der Waals surface area (Å²) in [7, 11) is 0. The molecule has 0 aromatic heterocycles. The second-order valence-electron chi connectivity index (χ2n) is 5.17. The van der Waals surface area contributed by atoms with Gasteiger partial charge in [-0.05, 0) is 25.7 Å². The minimum atomic E-state index is 0.303. The summed E-state index contributed by atoms with van der Waals surface area (Å²) in [5, 5.41) is 0. The Hall–Kier alpha value is -0.240. The fraction of sp³-hybridized carbons (Fsp3) is 0.923. The van der Waals surface area contributed by atoms with E-state index in [2.05, 4.69) is 4.90 Å². The molecule has 1 heterocycles. The lowest BCUT2D eigenvalue weighted by atomic mass is 10.0. The first-order valence-electron chi connectivity index (χ1n) is 6.69. The van der Waals surface area contributed by atoms with E-state index in [0.717, 1.165) is 32.2 Å². The molecule has 0 bridgehead atoms. The summed E-state index contributed by atoms with van der Waals surface area (Å²) in [6.07, 6.45) is 9.40. The lowest BCUT2D eigenvalue weighted by Gasteiger charge is -2.31. The van der Waals surface area contributed by atoms with Crippen molar-refractivity contribution in [3.05, 3.63) is 0 Å². The minimum Gasteiger partial charge on any atom is -0.338 e. The van der Waals surface area contributed by atoms with E-state index >= 15 is 0 Å². The number of carbonyl (C=O) groups excluding carboxylic acids is 1. The molecule has 2 nitrogen and oxygen atoms in total. The maximum absolute atomic E-state index is 12.4. The molecule has 2 aliphatic rings. The zero-order valence-electron chi connectivity index (χ0n) is 9.96. The Morgan fingerprint density at radius 3 is 2.44 bits per heavy atom. The molecule has 0 radical (unpaired) electrons. The van der Waals surface area contributed by atoms with Crippen LogP contribution in [0.5, 0.6) is 0 Å². The highest BCUT2D eigenvalue weighted by atomic mass is 35.5. The fourth-order valence-electron chi connectivity index (χ4n) is 3.04. The van der Waals surface area contributed by atoms with E-state index in [1.807, 2.05) is 0 Å². The van der Waals surface area contributed by atoms with E-state index in [9.17, 15) is 4.79 Å². The van der Waals surface area contributed by atoms with Crippen LogP contribution < -0.4 is 0 Å². The van der Waals surface area contributed by atoms with Crippen molar-refractivity contribution in [3.8, 4) is 0 Å². The smallest absolute Gasteiger partial charge is 0.225 e. The molecule has 1 saturated carbocycles. The van der Waals surface area contributed by atoms with Crippen molar-refractivity contribution in [2.24, 2.45) is 5.92 Å². The van der Waals surface area contributed by atoms with E-state index in [1.165, 1.54) is 25.7 Å². The SMILES string of the molecule is O=C(C1CCCC1)N1CCCCCC1CCl. The molecular weight excluding hydrogens is 222 g/mol. The third kappa shape index (κ3) is 2.71. The van der Waals surface area contributed by atoms with Crippen molar-refractivity contribution in [2.45, 2.75) is 57.4 Å². The van der Waals surface area contributed by atoms with Crippen molar-refractivity contribution in [1.82, 2.24) is 4.90 Å². The predicted molar refractivity (Wildman–Crippen MR) is 66.6 cm³/mol. The van der Waals surface area contributed by atoms with Gasteiger partial charge in [-0.15, -0.1) is 11.6 Å². The molecule has 1 amide bonds. The Morgan fingerprint density at radius 2 is 1.75 bits per heavy atom. The Balaban J connectivity index is 2.00. The molecule has 0 spiro atoms. The normalized spacial score (nSPS) is 28.1. The molecule has 1 aliphatic heterocycles. The first kappa shape index (κ1) is 12.2.